The summed E-state index contributed by atoms with van der Waals surface area (Å²) in [5, 5.41) is 2.62. The van der Waals surface area contributed by atoms with Gasteiger partial charge in [0.05, 0.1) is 5.41 Å². The SMILES string of the molecule is CCn1c2ccccc2c2cc(C(c3ccccc3)(c3ccccc3)c3ccccc3)ccc21. The number of aryl methyl sites for hydroxylation is 1. The zero-order valence-corrected chi connectivity index (χ0v) is 19.4. The van der Waals surface area contributed by atoms with Gasteiger partial charge in [0.15, 0.2) is 0 Å². The molecule has 1 heterocycles. The summed E-state index contributed by atoms with van der Waals surface area (Å²) in [6.07, 6.45) is 0. The van der Waals surface area contributed by atoms with E-state index in [4.69, 9.17) is 0 Å². The standard InChI is InChI=1S/C33H27N/c1-2-34-31-21-13-12-20-29(31)30-24-28(22-23-32(30)34)33(25-14-6-3-7-15-25,26-16-8-4-9-17-26)27-18-10-5-11-19-27/h3-24H,2H2,1H3. The van der Waals surface area contributed by atoms with Crippen molar-refractivity contribution in [2.45, 2.75) is 18.9 Å². The zero-order valence-electron chi connectivity index (χ0n) is 19.4. The van der Waals surface area contributed by atoms with Crippen LogP contribution in [0.5, 0.6) is 0 Å². The van der Waals surface area contributed by atoms with Gasteiger partial charge in [-0.15, -0.1) is 0 Å². The molecule has 1 nitrogen and oxygen atoms in total. The van der Waals surface area contributed by atoms with Crippen LogP contribution in [0.3, 0.4) is 0 Å². The van der Waals surface area contributed by atoms with Crippen LogP contribution >= 0.6 is 0 Å². The number of hydrogen-bond donors (Lipinski definition) is 0. The predicted molar refractivity (Wildman–Crippen MR) is 143 cm³/mol. The van der Waals surface area contributed by atoms with Crippen molar-refractivity contribution in [2.24, 2.45) is 0 Å². The highest BCUT2D eigenvalue weighted by Crippen LogP contribution is 2.46. The molecule has 0 aliphatic carbocycles. The summed E-state index contributed by atoms with van der Waals surface area (Å²) < 4.78 is 2.42. The molecule has 5 aromatic carbocycles. The van der Waals surface area contributed by atoms with Gasteiger partial charge in [-0.25, -0.2) is 0 Å². The molecule has 0 radical (unpaired) electrons. The van der Waals surface area contributed by atoms with Crippen molar-refractivity contribution >= 4 is 21.8 Å². The van der Waals surface area contributed by atoms with Crippen LogP contribution in [0.4, 0.5) is 0 Å². The van der Waals surface area contributed by atoms with Crippen LogP contribution in [0.25, 0.3) is 21.8 Å². The Morgan fingerprint density at radius 2 is 0.941 bits per heavy atom. The Morgan fingerprint density at radius 3 is 1.47 bits per heavy atom. The molecule has 0 N–H and O–H groups in total. The monoisotopic (exact) mass is 437 g/mol. The molecule has 0 spiro atoms. The fourth-order valence-electron chi connectivity index (χ4n) is 5.69. The fourth-order valence-corrected chi connectivity index (χ4v) is 5.69. The van der Waals surface area contributed by atoms with Crippen LogP contribution in [-0.2, 0) is 12.0 Å². The molecule has 0 saturated heterocycles. The van der Waals surface area contributed by atoms with Gasteiger partial charge in [-0.05, 0) is 47.4 Å². The molecule has 1 heteroatoms. The lowest BCUT2D eigenvalue weighted by molar-refractivity contribution is 0.746. The number of fused-ring (bicyclic) bond motifs is 3. The number of nitrogens with zero attached hydrogens (tertiary/aromatic N) is 1. The molecule has 34 heavy (non-hydrogen) atoms. The summed E-state index contributed by atoms with van der Waals surface area (Å²) in [6.45, 7) is 3.17. The first-order chi connectivity index (χ1) is 16.8. The van der Waals surface area contributed by atoms with Gasteiger partial charge in [-0.2, -0.15) is 0 Å². The molecule has 0 aliphatic heterocycles. The lowest BCUT2D eigenvalue weighted by Crippen LogP contribution is -2.30. The second-order valence-corrected chi connectivity index (χ2v) is 8.84. The van der Waals surface area contributed by atoms with Crippen LogP contribution in [0.1, 0.15) is 29.2 Å². The van der Waals surface area contributed by atoms with Gasteiger partial charge in [-0.3, -0.25) is 0 Å². The maximum Gasteiger partial charge on any atom is 0.0701 e. The van der Waals surface area contributed by atoms with Gasteiger partial charge in [-0.1, -0.05) is 115 Å². The molecule has 0 saturated carbocycles. The largest absolute Gasteiger partial charge is 0.341 e. The van der Waals surface area contributed by atoms with E-state index >= 15 is 0 Å². The molecular formula is C33H27N. The van der Waals surface area contributed by atoms with E-state index in [1.807, 2.05) is 0 Å². The molecule has 6 rings (SSSR count). The first-order valence-corrected chi connectivity index (χ1v) is 12.0. The Hall–Kier alpha value is -4.10. The van der Waals surface area contributed by atoms with Gasteiger partial charge in [0.1, 0.15) is 0 Å². The van der Waals surface area contributed by atoms with E-state index in [2.05, 4.69) is 145 Å². The Bertz CT molecular complexity index is 1460. The fraction of sp³-hybridized carbons (Fsp3) is 0.0909. The lowest BCUT2D eigenvalue weighted by atomic mass is 9.65. The van der Waals surface area contributed by atoms with E-state index in [9.17, 15) is 0 Å². The maximum absolute atomic E-state index is 2.43. The Kier molecular flexibility index (Phi) is 5.04. The molecular weight excluding hydrogens is 410 g/mol. The van der Waals surface area contributed by atoms with Gasteiger partial charge < -0.3 is 4.57 Å². The van der Waals surface area contributed by atoms with Crippen molar-refractivity contribution in [3.63, 3.8) is 0 Å². The second kappa shape index (κ2) is 8.35. The van der Waals surface area contributed by atoms with Crippen molar-refractivity contribution in [2.75, 3.05) is 0 Å². The third-order valence-electron chi connectivity index (χ3n) is 7.14. The average molecular weight is 438 g/mol. The number of para-hydroxylation sites is 1. The zero-order chi connectivity index (χ0) is 23.0. The Balaban J connectivity index is 1.76. The second-order valence-electron chi connectivity index (χ2n) is 8.84. The summed E-state index contributed by atoms with van der Waals surface area (Å²) in [7, 11) is 0. The van der Waals surface area contributed by atoms with Crippen LogP contribution in [0, 0.1) is 0 Å². The van der Waals surface area contributed by atoms with Crippen LogP contribution < -0.4 is 0 Å². The molecule has 6 aromatic rings. The highest BCUT2D eigenvalue weighted by atomic mass is 15.0. The van der Waals surface area contributed by atoms with E-state index < -0.39 is 5.41 Å². The molecule has 1 aromatic heterocycles. The highest BCUT2D eigenvalue weighted by molar-refractivity contribution is 6.08. The number of hydrogen-bond acceptors (Lipinski definition) is 0. The van der Waals surface area contributed by atoms with Gasteiger partial charge in [0, 0.05) is 28.4 Å². The number of aromatic nitrogens is 1. The molecule has 0 bridgehead atoms. The van der Waals surface area contributed by atoms with E-state index in [1.54, 1.807) is 0 Å². The summed E-state index contributed by atoms with van der Waals surface area (Å²) in [5.74, 6) is 0. The summed E-state index contributed by atoms with van der Waals surface area (Å²) in [6, 6.07) is 48.6. The molecule has 0 amide bonds. The minimum absolute atomic E-state index is 0.423. The minimum atomic E-state index is -0.423. The summed E-state index contributed by atoms with van der Waals surface area (Å²) in [5.41, 5.74) is 7.25. The van der Waals surface area contributed by atoms with Gasteiger partial charge >= 0.3 is 0 Å². The van der Waals surface area contributed by atoms with E-state index in [0.29, 0.717) is 0 Å². The number of benzene rings is 5. The first-order valence-electron chi connectivity index (χ1n) is 12.0. The van der Waals surface area contributed by atoms with Crippen molar-refractivity contribution in [3.8, 4) is 0 Å². The Morgan fingerprint density at radius 1 is 0.471 bits per heavy atom. The van der Waals surface area contributed by atoms with Crippen molar-refractivity contribution < 1.29 is 0 Å². The third kappa shape index (κ3) is 3.01. The molecule has 164 valence electrons. The molecule has 0 fully saturated rings. The van der Waals surface area contributed by atoms with E-state index in [1.165, 1.54) is 44.1 Å². The predicted octanol–water partition coefficient (Wildman–Crippen LogP) is 8.20. The van der Waals surface area contributed by atoms with Gasteiger partial charge in [0.25, 0.3) is 0 Å². The molecule has 0 atom stereocenters. The number of rotatable bonds is 5. The highest BCUT2D eigenvalue weighted by Gasteiger charge is 2.38. The van der Waals surface area contributed by atoms with Crippen molar-refractivity contribution in [1.29, 1.82) is 0 Å². The van der Waals surface area contributed by atoms with E-state index in [-0.39, 0.29) is 0 Å². The maximum atomic E-state index is 2.43. The van der Waals surface area contributed by atoms with Crippen molar-refractivity contribution in [1.82, 2.24) is 4.57 Å². The average Bonchev–Trinajstić information content (AvgIpc) is 3.24. The Labute approximate surface area is 200 Å². The van der Waals surface area contributed by atoms with Crippen LogP contribution in [-0.4, -0.2) is 4.57 Å². The topological polar surface area (TPSA) is 4.93 Å². The molecule has 0 aliphatic rings. The third-order valence-corrected chi connectivity index (χ3v) is 7.14. The lowest BCUT2D eigenvalue weighted by Gasteiger charge is -2.37. The van der Waals surface area contributed by atoms with Crippen LogP contribution in [0.2, 0.25) is 0 Å². The van der Waals surface area contributed by atoms with E-state index in [0.717, 1.165) is 6.54 Å². The smallest absolute Gasteiger partial charge is 0.0701 e. The normalized spacial score (nSPS) is 11.8. The minimum Gasteiger partial charge on any atom is -0.341 e. The van der Waals surface area contributed by atoms with Gasteiger partial charge in [0.2, 0.25) is 0 Å². The van der Waals surface area contributed by atoms with Crippen molar-refractivity contribution in [3.05, 3.63) is 156 Å². The summed E-state index contributed by atoms with van der Waals surface area (Å²) in [4.78, 5) is 0. The quantitative estimate of drug-likeness (QED) is 0.240. The summed E-state index contributed by atoms with van der Waals surface area (Å²) >= 11 is 0. The van der Waals surface area contributed by atoms with Crippen LogP contribution in [0.15, 0.2) is 133 Å². The first kappa shape index (κ1) is 20.5. The molecule has 0 unspecified atom stereocenters.